The molecule has 1 aromatic carbocycles. The monoisotopic (exact) mass is 368 g/mol. The van der Waals surface area contributed by atoms with Gasteiger partial charge in [0.25, 0.3) is 5.91 Å². The second kappa shape index (κ2) is 8.19. The van der Waals surface area contributed by atoms with Crippen molar-refractivity contribution in [3.05, 3.63) is 23.8 Å². The van der Waals surface area contributed by atoms with E-state index in [1.54, 1.807) is 6.07 Å². The molecule has 0 atom stereocenters. The van der Waals surface area contributed by atoms with Gasteiger partial charge in [-0.2, -0.15) is 4.31 Å². The van der Waals surface area contributed by atoms with E-state index in [0.29, 0.717) is 37.2 Å². The van der Waals surface area contributed by atoms with E-state index < -0.39 is 10.0 Å². The molecule has 0 saturated carbocycles. The van der Waals surface area contributed by atoms with Crippen molar-refractivity contribution >= 4 is 15.9 Å². The number of amides is 1. The van der Waals surface area contributed by atoms with Crippen molar-refractivity contribution < 1.29 is 17.9 Å². The molecule has 0 bridgehead atoms. The van der Waals surface area contributed by atoms with E-state index in [9.17, 15) is 13.2 Å². The first kappa shape index (κ1) is 19.7. The predicted octanol–water partition coefficient (Wildman–Crippen LogP) is 2.50. The van der Waals surface area contributed by atoms with Crippen LogP contribution in [0.2, 0.25) is 0 Å². The number of rotatable bonds is 6. The van der Waals surface area contributed by atoms with E-state index in [-0.39, 0.29) is 16.4 Å². The normalized spacial score (nSPS) is 16.8. The van der Waals surface area contributed by atoms with Crippen molar-refractivity contribution in [3.8, 4) is 5.75 Å². The Hall–Kier alpha value is -1.60. The molecular weight excluding hydrogens is 340 g/mol. The van der Waals surface area contributed by atoms with E-state index in [1.807, 2.05) is 13.8 Å². The van der Waals surface area contributed by atoms with Crippen LogP contribution in [-0.2, 0) is 10.0 Å². The molecule has 0 radical (unpaired) electrons. The Labute approximate surface area is 150 Å². The Bertz CT molecular complexity index is 708. The van der Waals surface area contributed by atoms with E-state index in [4.69, 9.17) is 4.74 Å². The molecule has 0 unspecified atom stereocenters. The zero-order valence-corrected chi connectivity index (χ0v) is 16.2. The molecule has 6 nitrogen and oxygen atoms in total. The Morgan fingerprint density at radius 3 is 2.52 bits per heavy atom. The van der Waals surface area contributed by atoms with E-state index in [2.05, 4.69) is 12.2 Å². The number of methoxy groups -OCH3 is 1. The first-order chi connectivity index (χ1) is 11.8. The highest BCUT2D eigenvalue weighted by atomic mass is 32.2. The molecule has 0 aromatic heterocycles. The summed E-state index contributed by atoms with van der Waals surface area (Å²) in [6.45, 7) is 7.68. The summed E-state index contributed by atoms with van der Waals surface area (Å²) in [4.78, 5) is 12.6. The fourth-order valence-electron chi connectivity index (χ4n) is 2.79. The van der Waals surface area contributed by atoms with E-state index >= 15 is 0 Å². The fourth-order valence-corrected chi connectivity index (χ4v) is 4.29. The van der Waals surface area contributed by atoms with Crippen LogP contribution in [0.5, 0.6) is 5.75 Å². The molecule has 1 aliphatic rings. The second-order valence-electron chi connectivity index (χ2n) is 7.05. The lowest BCUT2D eigenvalue weighted by Gasteiger charge is -2.29. The molecule has 25 heavy (non-hydrogen) atoms. The number of piperidine rings is 1. The minimum absolute atomic E-state index is 0.137. The van der Waals surface area contributed by atoms with Crippen LogP contribution in [0, 0.1) is 11.8 Å². The molecular formula is C18H28N2O4S. The molecule has 1 amide bonds. The highest BCUT2D eigenvalue weighted by Gasteiger charge is 2.29. The third-order valence-corrected chi connectivity index (χ3v) is 6.36. The number of hydrogen-bond acceptors (Lipinski definition) is 4. The summed E-state index contributed by atoms with van der Waals surface area (Å²) in [5.41, 5.74) is 0.245. The number of nitrogens with one attached hydrogen (secondary N) is 1. The van der Waals surface area contributed by atoms with E-state index in [0.717, 1.165) is 12.8 Å². The van der Waals surface area contributed by atoms with Crippen LogP contribution in [0.4, 0.5) is 0 Å². The molecule has 1 heterocycles. The molecule has 0 aliphatic carbocycles. The highest BCUT2D eigenvalue weighted by molar-refractivity contribution is 7.89. The number of benzene rings is 1. The molecule has 2 rings (SSSR count). The lowest BCUT2D eigenvalue weighted by atomic mass is 10.0. The van der Waals surface area contributed by atoms with Gasteiger partial charge < -0.3 is 10.1 Å². The van der Waals surface area contributed by atoms with Crippen LogP contribution in [-0.4, -0.2) is 45.4 Å². The molecule has 1 saturated heterocycles. The molecule has 1 aliphatic heterocycles. The number of nitrogens with zero attached hydrogens (tertiary/aromatic N) is 1. The Balaban J connectivity index is 2.29. The molecule has 1 fully saturated rings. The fraction of sp³-hybridized carbons (Fsp3) is 0.611. The average molecular weight is 368 g/mol. The van der Waals surface area contributed by atoms with Crippen molar-refractivity contribution in [2.24, 2.45) is 11.8 Å². The van der Waals surface area contributed by atoms with Crippen molar-refractivity contribution in [2.45, 2.75) is 38.5 Å². The van der Waals surface area contributed by atoms with Crippen molar-refractivity contribution in [2.75, 3.05) is 26.7 Å². The van der Waals surface area contributed by atoms with Crippen LogP contribution in [0.25, 0.3) is 0 Å². The topological polar surface area (TPSA) is 75.7 Å². The number of hydrogen-bond donors (Lipinski definition) is 1. The predicted molar refractivity (Wildman–Crippen MR) is 97.3 cm³/mol. The first-order valence-electron chi connectivity index (χ1n) is 8.72. The summed E-state index contributed by atoms with van der Waals surface area (Å²) in [7, 11) is -2.13. The quantitative estimate of drug-likeness (QED) is 0.837. The summed E-state index contributed by atoms with van der Waals surface area (Å²) in [5.74, 6) is 0.888. The largest absolute Gasteiger partial charge is 0.496 e. The standard InChI is InChI=1S/C18H28N2O4S/c1-13(2)12-19-18(21)16-11-15(5-6-17(16)24-4)25(22,23)20-9-7-14(3)8-10-20/h5-6,11,13-14H,7-10,12H2,1-4H3,(H,19,21). The maximum absolute atomic E-state index is 12.9. The van der Waals surface area contributed by atoms with Gasteiger partial charge in [0.15, 0.2) is 0 Å². The molecule has 140 valence electrons. The van der Waals surface area contributed by atoms with Gasteiger partial charge in [-0.25, -0.2) is 8.42 Å². The summed E-state index contributed by atoms with van der Waals surface area (Å²) in [6.07, 6.45) is 1.72. The third-order valence-electron chi connectivity index (χ3n) is 4.47. The van der Waals surface area contributed by atoms with Gasteiger partial charge in [0, 0.05) is 19.6 Å². The average Bonchev–Trinajstić information content (AvgIpc) is 2.59. The van der Waals surface area contributed by atoms with Crippen molar-refractivity contribution in [3.63, 3.8) is 0 Å². The van der Waals surface area contributed by atoms with Crippen LogP contribution < -0.4 is 10.1 Å². The van der Waals surface area contributed by atoms with Crippen molar-refractivity contribution in [1.82, 2.24) is 9.62 Å². The Kier molecular flexibility index (Phi) is 6.46. The molecule has 1 aromatic rings. The SMILES string of the molecule is COc1ccc(S(=O)(=O)N2CCC(C)CC2)cc1C(=O)NCC(C)C. The maximum atomic E-state index is 12.9. The number of ether oxygens (including phenoxy) is 1. The van der Waals surface area contributed by atoms with Crippen LogP contribution >= 0.6 is 0 Å². The summed E-state index contributed by atoms with van der Waals surface area (Å²) in [5, 5.41) is 2.81. The van der Waals surface area contributed by atoms with Gasteiger partial charge in [-0.1, -0.05) is 20.8 Å². The minimum Gasteiger partial charge on any atom is -0.496 e. The van der Waals surface area contributed by atoms with Gasteiger partial charge in [0.1, 0.15) is 5.75 Å². The lowest BCUT2D eigenvalue weighted by molar-refractivity contribution is 0.0945. The first-order valence-corrected chi connectivity index (χ1v) is 10.2. The zero-order valence-electron chi connectivity index (χ0n) is 15.4. The number of carbonyl (C=O) groups is 1. The Morgan fingerprint density at radius 1 is 1.32 bits per heavy atom. The third kappa shape index (κ3) is 4.73. The van der Waals surface area contributed by atoms with Crippen LogP contribution in [0.1, 0.15) is 44.0 Å². The van der Waals surface area contributed by atoms with Crippen molar-refractivity contribution in [1.29, 1.82) is 0 Å². The molecule has 7 heteroatoms. The lowest BCUT2D eigenvalue weighted by Crippen LogP contribution is -2.38. The van der Waals surface area contributed by atoms with Gasteiger partial charge >= 0.3 is 0 Å². The molecule has 0 spiro atoms. The number of sulfonamides is 1. The maximum Gasteiger partial charge on any atom is 0.255 e. The van der Waals surface area contributed by atoms with Crippen LogP contribution in [0.15, 0.2) is 23.1 Å². The van der Waals surface area contributed by atoms with Gasteiger partial charge in [0.05, 0.1) is 17.6 Å². The van der Waals surface area contributed by atoms with Gasteiger partial charge in [-0.05, 0) is 42.9 Å². The zero-order chi connectivity index (χ0) is 18.6. The summed E-state index contributed by atoms with van der Waals surface area (Å²) >= 11 is 0. The van der Waals surface area contributed by atoms with Gasteiger partial charge in [-0.15, -0.1) is 0 Å². The number of carbonyl (C=O) groups excluding carboxylic acids is 1. The summed E-state index contributed by atoms with van der Waals surface area (Å²) < 4.78 is 32.5. The van der Waals surface area contributed by atoms with E-state index in [1.165, 1.54) is 23.5 Å². The second-order valence-corrected chi connectivity index (χ2v) is 8.99. The summed E-state index contributed by atoms with van der Waals surface area (Å²) in [6, 6.07) is 4.47. The smallest absolute Gasteiger partial charge is 0.255 e. The Morgan fingerprint density at radius 2 is 1.96 bits per heavy atom. The van der Waals surface area contributed by atoms with Gasteiger partial charge in [0.2, 0.25) is 10.0 Å². The molecule has 1 N–H and O–H groups in total. The van der Waals surface area contributed by atoms with Gasteiger partial charge in [-0.3, -0.25) is 4.79 Å². The highest BCUT2D eigenvalue weighted by Crippen LogP contribution is 2.27. The minimum atomic E-state index is -3.60. The van der Waals surface area contributed by atoms with Crippen LogP contribution in [0.3, 0.4) is 0 Å².